The van der Waals surface area contributed by atoms with Gasteiger partial charge in [0.15, 0.2) is 0 Å². The Balaban J connectivity index is 3.37. The number of unbranched alkanes of at least 4 members (excludes halogenated alkanes) is 53. The SMILES string of the molecule is CCCCCC/C=C\C/C=C\CCCCCCCCCC(=O)OCCCCCCCCCCCCCC/C=C\CCCCCCCCCCCCCCCC(=O)NC(CO)C(O)CCCCCCCCCCCCCCCCCCCC. The summed E-state index contributed by atoms with van der Waals surface area (Å²) in [4.78, 5) is 24.6. The number of allylic oxidation sites excluding steroid dienone is 6. The highest BCUT2D eigenvalue weighted by atomic mass is 16.5. The van der Waals surface area contributed by atoms with Crippen LogP contribution in [-0.2, 0) is 14.3 Å². The van der Waals surface area contributed by atoms with E-state index in [9.17, 15) is 19.8 Å². The van der Waals surface area contributed by atoms with Crippen molar-refractivity contribution in [1.29, 1.82) is 0 Å². The number of aliphatic hydroxyl groups excluding tert-OH is 2. The highest BCUT2D eigenvalue weighted by Crippen LogP contribution is 2.19. The highest BCUT2D eigenvalue weighted by molar-refractivity contribution is 5.76. The fraction of sp³-hybridized carbons (Fsp3) is 0.895. The van der Waals surface area contributed by atoms with Gasteiger partial charge in [-0.25, -0.2) is 0 Å². The van der Waals surface area contributed by atoms with E-state index in [-0.39, 0.29) is 18.5 Å². The van der Waals surface area contributed by atoms with Gasteiger partial charge in [0.05, 0.1) is 25.4 Å². The number of nitrogens with one attached hydrogen (secondary N) is 1. The van der Waals surface area contributed by atoms with Crippen LogP contribution in [-0.4, -0.2) is 47.4 Å². The summed E-state index contributed by atoms with van der Waals surface area (Å²) in [7, 11) is 0. The molecule has 82 heavy (non-hydrogen) atoms. The lowest BCUT2D eigenvalue weighted by molar-refractivity contribution is -0.143. The number of carbonyl (C=O) groups is 2. The van der Waals surface area contributed by atoms with Gasteiger partial charge < -0.3 is 20.3 Å². The maximum Gasteiger partial charge on any atom is 0.305 e. The molecule has 2 unspecified atom stereocenters. The third-order valence-corrected chi connectivity index (χ3v) is 17.4. The van der Waals surface area contributed by atoms with Crippen LogP contribution in [0.4, 0.5) is 0 Å². The van der Waals surface area contributed by atoms with Crippen molar-refractivity contribution in [3.8, 4) is 0 Å². The molecule has 2 atom stereocenters. The van der Waals surface area contributed by atoms with Gasteiger partial charge in [0.25, 0.3) is 0 Å². The lowest BCUT2D eigenvalue weighted by Crippen LogP contribution is -2.45. The molecule has 0 aliphatic rings. The second-order valence-electron chi connectivity index (χ2n) is 25.6. The molecule has 6 heteroatoms. The van der Waals surface area contributed by atoms with Crippen LogP contribution in [0.5, 0.6) is 0 Å². The van der Waals surface area contributed by atoms with E-state index in [1.807, 2.05) is 0 Å². The Hall–Kier alpha value is -1.92. The Morgan fingerprint density at radius 2 is 0.610 bits per heavy atom. The molecule has 0 fully saturated rings. The molecule has 0 spiro atoms. The number of aliphatic hydroxyl groups is 2. The molecular formula is C76H145NO5. The predicted molar refractivity (Wildman–Crippen MR) is 361 cm³/mol. The summed E-state index contributed by atoms with van der Waals surface area (Å²) < 4.78 is 5.50. The Morgan fingerprint density at radius 1 is 0.341 bits per heavy atom. The van der Waals surface area contributed by atoms with Crippen molar-refractivity contribution < 1.29 is 24.5 Å². The Kier molecular flexibility index (Phi) is 69.9. The van der Waals surface area contributed by atoms with Gasteiger partial charge in [-0.15, -0.1) is 0 Å². The van der Waals surface area contributed by atoms with E-state index in [4.69, 9.17) is 4.74 Å². The molecule has 0 radical (unpaired) electrons. The predicted octanol–water partition coefficient (Wildman–Crippen LogP) is 24.3. The molecule has 0 bridgehead atoms. The van der Waals surface area contributed by atoms with Crippen molar-refractivity contribution in [3.05, 3.63) is 36.5 Å². The minimum Gasteiger partial charge on any atom is -0.466 e. The standard InChI is InChI=1S/C76H145NO5/c1-3-5-7-9-11-13-15-17-19-21-36-40-44-48-52-56-60-64-68-74(79)73(72-78)77-75(80)69-65-61-57-53-49-45-41-37-34-32-30-28-26-24-23-25-27-29-31-33-35-39-43-47-51-55-59-63-67-71-82-76(81)70-66-62-58-54-50-46-42-38-22-20-18-16-14-12-10-8-6-4-2/h14,16,20,22-23,25,73-74,78-79H,3-13,15,17-19,21,24,26-72H2,1-2H3,(H,77,80)/b16-14-,22-20-,25-23-. The van der Waals surface area contributed by atoms with Crippen molar-refractivity contribution >= 4 is 11.9 Å². The minimum absolute atomic E-state index is 0.00978. The van der Waals surface area contributed by atoms with Gasteiger partial charge in [0.1, 0.15) is 0 Å². The van der Waals surface area contributed by atoms with E-state index in [1.165, 1.54) is 327 Å². The van der Waals surface area contributed by atoms with Gasteiger partial charge in [-0.1, -0.05) is 352 Å². The largest absolute Gasteiger partial charge is 0.466 e. The average Bonchev–Trinajstić information content (AvgIpc) is 3.48. The van der Waals surface area contributed by atoms with Crippen molar-refractivity contribution in [2.24, 2.45) is 0 Å². The molecule has 0 saturated carbocycles. The highest BCUT2D eigenvalue weighted by Gasteiger charge is 2.20. The first kappa shape index (κ1) is 80.1. The van der Waals surface area contributed by atoms with Crippen LogP contribution in [0.1, 0.15) is 412 Å². The number of carbonyl (C=O) groups excluding carboxylic acids is 2. The minimum atomic E-state index is -0.664. The molecule has 1 amide bonds. The number of hydrogen-bond donors (Lipinski definition) is 3. The van der Waals surface area contributed by atoms with Gasteiger partial charge in [-0.05, 0) is 83.5 Å². The number of amides is 1. The van der Waals surface area contributed by atoms with E-state index in [0.717, 1.165) is 51.4 Å². The molecular weight excluding hydrogens is 1010 g/mol. The maximum absolute atomic E-state index is 12.5. The molecule has 6 nitrogen and oxygen atoms in total. The Labute approximate surface area is 513 Å². The van der Waals surface area contributed by atoms with Gasteiger partial charge in [0.2, 0.25) is 5.91 Å². The van der Waals surface area contributed by atoms with Crippen molar-refractivity contribution in [1.82, 2.24) is 5.32 Å². The first-order valence-electron chi connectivity index (χ1n) is 37.2. The van der Waals surface area contributed by atoms with E-state index in [1.54, 1.807) is 0 Å². The molecule has 0 aromatic heterocycles. The molecule has 484 valence electrons. The summed E-state index contributed by atoms with van der Waals surface area (Å²) in [6.07, 6.45) is 92.0. The molecule has 0 aliphatic heterocycles. The summed E-state index contributed by atoms with van der Waals surface area (Å²) in [6.45, 7) is 4.97. The van der Waals surface area contributed by atoms with Crippen LogP contribution in [0.15, 0.2) is 36.5 Å². The molecule has 0 aromatic carbocycles. The third kappa shape index (κ3) is 67.2. The first-order chi connectivity index (χ1) is 40.5. The Morgan fingerprint density at radius 3 is 0.951 bits per heavy atom. The van der Waals surface area contributed by atoms with Crippen LogP contribution in [0.3, 0.4) is 0 Å². The fourth-order valence-electron chi connectivity index (χ4n) is 11.7. The number of rotatable bonds is 70. The molecule has 0 saturated heterocycles. The average molecular weight is 1150 g/mol. The maximum atomic E-state index is 12.5. The van der Waals surface area contributed by atoms with Crippen LogP contribution in [0.25, 0.3) is 0 Å². The summed E-state index contributed by atoms with van der Waals surface area (Å²) in [5.74, 6) is -0.0207. The monoisotopic (exact) mass is 1150 g/mol. The van der Waals surface area contributed by atoms with E-state index < -0.39 is 12.1 Å². The van der Waals surface area contributed by atoms with Crippen LogP contribution >= 0.6 is 0 Å². The second-order valence-corrected chi connectivity index (χ2v) is 25.6. The summed E-state index contributed by atoms with van der Waals surface area (Å²) >= 11 is 0. The quantitative estimate of drug-likeness (QED) is 0.0320. The summed E-state index contributed by atoms with van der Waals surface area (Å²) in [6, 6.07) is -0.542. The van der Waals surface area contributed by atoms with Crippen LogP contribution in [0, 0.1) is 0 Å². The molecule has 0 aromatic rings. The lowest BCUT2D eigenvalue weighted by Gasteiger charge is -2.22. The molecule has 0 heterocycles. The van der Waals surface area contributed by atoms with E-state index in [2.05, 4.69) is 55.6 Å². The first-order valence-corrected chi connectivity index (χ1v) is 37.2. The zero-order valence-electron chi connectivity index (χ0n) is 55.5. The van der Waals surface area contributed by atoms with Crippen molar-refractivity contribution in [2.75, 3.05) is 13.2 Å². The third-order valence-electron chi connectivity index (χ3n) is 17.4. The lowest BCUT2D eigenvalue weighted by atomic mass is 10.0. The normalized spacial score (nSPS) is 12.7. The number of esters is 1. The number of hydrogen-bond acceptors (Lipinski definition) is 5. The van der Waals surface area contributed by atoms with Gasteiger partial charge in [-0.2, -0.15) is 0 Å². The van der Waals surface area contributed by atoms with Gasteiger partial charge >= 0.3 is 5.97 Å². The zero-order chi connectivity index (χ0) is 59.2. The number of ether oxygens (including phenoxy) is 1. The van der Waals surface area contributed by atoms with E-state index in [0.29, 0.717) is 25.9 Å². The fourth-order valence-corrected chi connectivity index (χ4v) is 11.7. The summed E-state index contributed by atoms with van der Waals surface area (Å²) in [5.41, 5.74) is 0. The zero-order valence-corrected chi connectivity index (χ0v) is 55.5. The Bertz CT molecular complexity index is 1330. The van der Waals surface area contributed by atoms with E-state index >= 15 is 0 Å². The molecule has 3 N–H and O–H groups in total. The van der Waals surface area contributed by atoms with Crippen LogP contribution in [0.2, 0.25) is 0 Å². The second kappa shape index (κ2) is 71.6. The molecule has 0 rings (SSSR count). The smallest absolute Gasteiger partial charge is 0.305 e. The van der Waals surface area contributed by atoms with Gasteiger partial charge in [0, 0.05) is 12.8 Å². The topological polar surface area (TPSA) is 95.9 Å². The van der Waals surface area contributed by atoms with Gasteiger partial charge in [-0.3, -0.25) is 9.59 Å². The van der Waals surface area contributed by atoms with Crippen molar-refractivity contribution in [3.63, 3.8) is 0 Å². The van der Waals surface area contributed by atoms with Crippen molar-refractivity contribution in [2.45, 2.75) is 424 Å². The summed E-state index contributed by atoms with van der Waals surface area (Å²) in [5, 5.41) is 23.4. The van der Waals surface area contributed by atoms with Crippen LogP contribution < -0.4 is 5.32 Å². The molecule has 0 aliphatic carbocycles.